The zero-order valence-electron chi connectivity index (χ0n) is 17.1. The van der Waals surface area contributed by atoms with E-state index in [2.05, 4.69) is 25.3 Å². The van der Waals surface area contributed by atoms with Crippen LogP contribution in [-0.4, -0.2) is 30.4 Å². The largest absolute Gasteiger partial charge is 0.439 e. The molecule has 0 fully saturated rings. The number of aromatic nitrogens is 5. The number of nitrogens with one attached hydrogen (secondary N) is 1. The molecule has 0 aliphatic heterocycles. The summed E-state index contributed by atoms with van der Waals surface area (Å²) in [5.41, 5.74) is 1.76. The second-order valence-corrected chi connectivity index (χ2v) is 7.03. The van der Waals surface area contributed by atoms with Crippen molar-refractivity contribution >= 4 is 22.5 Å². The summed E-state index contributed by atoms with van der Waals surface area (Å²) in [6.45, 7) is 1.89. The first-order valence-corrected chi connectivity index (χ1v) is 9.93. The normalized spacial score (nSPS) is 10.8. The molecule has 156 valence electrons. The Kier molecular flexibility index (Phi) is 5.01. The van der Waals surface area contributed by atoms with Crippen molar-refractivity contribution in [1.82, 2.24) is 24.5 Å². The molecule has 8 nitrogen and oxygen atoms in total. The fourth-order valence-corrected chi connectivity index (χ4v) is 3.25. The van der Waals surface area contributed by atoms with Gasteiger partial charge in [-0.05, 0) is 43.3 Å². The summed E-state index contributed by atoms with van der Waals surface area (Å²) in [4.78, 5) is 29.6. The molecule has 1 amide bonds. The number of anilines is 1. The van der Waals surface area contributed by atoms with Crippen molar-refractivity contribution in [2.45, 2.75) is 6.92 Å². The van der Waals surface area contributed by atoms with Crippen molar-refractivity contribution in [1.29, 1.82) is 0 Å². The Hall–Kier alpha value is -4.59. The quantitative estimate of drug-likeness (QED) is 0.446. The van der Waals surface area contributed by atoms with E-state index in [0.717, 1.165) is 16.7 Å². The van der Waals surface area contributed by atoms with Crippen LogP contribution in [0.15, 0.2) is 85.5 Å². The number of rotatable bonds is 5. The van der Waals surface area contributed by atoms with Crippen LogP contribution >= 0.6 is 0 Å². The van der Waals surface area contributed by atoms with E-state index in [0.29, 0.717) is 28.8 Å². The Morgan fingerprint density at radius 1 is 0.969 bits per heavy atom. The van der Waals surface area contributed by atoms with Gasteiger partial charge in [0, 0.05) is 29.5 Å². The summed E-state index contributed by atoms with van der Waals surface area (Å²) in [5.74, 6) is 2.19. The average molecular weight is 422 g/mol. The summed E-state index contributed by atoms with van der Waals surface area (Å²) >= 11 is 0. The number of hydrogen-bond acceptors (Lipinski definition) is 6. The Balaban J connectivity index is 1.28. The number of ether oxygens (including phenoxy) is 1. The number of nitrogens with zero attached hydrogens (tertiary/aromatic N) is 5. The molecule has 0 aliphatic carbocycles. The van der Waals surface area contributed by atoms with E-state index in [1.165, 1.54) is 6.33 Å². The van der Waals surface area contributed by atoms with Crippen LogP contribution in [-0.2, 0) is 0 Å². The van der Waals surface area contributed by atoms with Crippen molar-refractivity contribution in [2.24, 2.45) is 0 Å². The predicted molar refractivity (Wildman–Crippen MR) is 120 cm³/mol. The Labute approximate surface area is 183 Å². The first-order chi connectivity index (χ1) is 15.7. The number of amides is 1. The van der Waals surface area contributed by atoms with Gasteiger partial charge in [0.15, 0.2) is 0 Å². The standard InChI is InChI=1S/C24H18N6O2/c1-16-25-12-13-30(16)22-14-23(27-15-26-22)32-19-9-7-18(8-10-19)28-24(31)21-11-6-17-4-2-3-5-20(17)29-21/h2-15H,1H3,(H,28,31). The first-order valence-electron chi connectivity index (χ1n) is 9.93. The van der Waals surface area contributed by atoms with Gasteiger partial charge in [-0.1, -0.05) is 24.3 Å². The van der Waals surface area contributed by atoms with Gasteiger partial charge >= 0.3 is 0 Å². The van der Waals surface area contributed by atoms with Gasteiger partial charge in [-0.2, -0.15) is 0 Å². The van der Waals surface area contributed by atoms with Crippen LogP contribution in [0.1, 0.15) is 16.3 Å². The molecule has 2 aromatic carbocycles. The van der Waals surface area contributed by atoms with Crippen molar-refractivity contribution in [3.63, 3.8) is 0 Å². The number of carbonyl (C=O) groups excluding carboxylic acids is 1. The highest BCUT2D eigenvalue weighted by Gasteiger charge is 2.10. The van der Waals surface area contributed by atoms with Gasteiger partial charge in [0.25, 0.3) is 5.91 Å². The minimum atomic E-state index is -0.277. The lowest BCUT2D eigenvalue weighted by Gasteiger charge is -2.09. The fourth-order valence-electron chi connectivity index (χ4n) is 3.25. The minimum absolute atomic E-state index is 0.277. The summed E-state index contributed by atoms with van der Waals surface area (Å²) in [6.07, 6.45) is 4.97. The number of para-hydroxylation sites is 1. The lowest BCUT2D eigenvalue weighted by atomic mass is 10.2. The molecule has 0 bridgehead atoms. The third kappa shape index (κ3) is 4.01. The first kappa shape index (κ1) is 19.4. The van der Waals surface area contributed by atoms with Crippen LogP contribution < -0.4 is 10.1 Å². The Morgan fingerprint density at radius 3 is 2.62 bits per heavy atom. The molecule has 0 spiro atoms. The molecule has 8 heteroatoms. The van der Waals surface area contributed by atoms with E-state index in [-0.39, 0.29) is 5.91 Å². The van der Waals surface area contributed by atoms with Gasteiger partial charge < -0.3 is 10.1 Å². The van der Waals surface area contributed by atoms with Crippen LogP contribution in [0.25, 0.3) is 16.7 Å². The van der Waals surface area contributed by atoms with Gasteiger partial charge in [-0.25, -0.2) is 19.9 Å². The molecule has 32 heavy (non-hydrogen) atoms. The number of fused-ring (bicyclic) bond motifs is 1. The van der Waals surface area contributed by atoms with E-state index in [4.69, 9.17) is 4.74 Å². The summed E-state index contributed by atoms with van der Waals surface area (Å²) < 4.78 is 7.68. The van der Waals surface area contributed by atoms with Gasteiger partial charge in [-0.3, -0.25) is 9.36 Å². The topological polar surface area (TPSA) is 94.8 Å². The number of imidazole rings is 1. The SMILES string of the molecule is Cc1nccn1-c1cc(Oc2ccc(NC(=O)c3ccc4ccccc4n3)cc2)ncn1. The third-order valence-corrected chi connectivity index (χ3v) is 4.87. The molecule has 3 aromatic heterocycles. The van der Waals surface area contributed by atoms with Crippen molar-refractivity contribution in [2.75, 3.05) is 5.32 Å². The molecule has 0 saturated heterocycles. The molecule has 0 radical (unpaired) electrons. The fraction of sp³-hybridized carbons (Fsp3) is 0.0417. The van der Waals surface area contributed by atoms with Gasteiger partial charge in [0.05, 0.1) is 5.52 Å². The number of aryl methyl sites for hydroxylation is 1. The van der Waals surface area contributed by atoms with E-state index in [1.807, 2.05) is 48.0 Å². The van der Waals surface area contributed by atoms with E-state index >= 15 is 0 Å². The molecule has 0 aliphatic rings. The number of benzene rings is 2. The Morgan fingerprint density at radius 2 is 1.81 bits per heavy atom. The number of carbonyl (C=O) groups is 1. The van der Waals surface area contributed by atoms with Crippen LogP contribution in [0, 0.1) is 6.92 Å². The van der Waals surface area contributed by atoms with Gasteiger partial charge in [0.2, 0.25) is 5.88 Å². The predicted octanol–water partition coefficient (Wildman–Crippen LogP) is 4.56. The number of hydrogen-bond donors (Lipinski definition) is 1. The molecular formula is C24H18N6O2. The van der Waals surface area contributed by atoms with E-state index in [1.54, 1.807) is 42.6 Å². The van der Waals surface area contributed by atoms with E-state index in [9.17, 15) is 4.79 Å². The summed E-state index contributed by atoms with van der Waals surface area (Å²) in [7, 11) is 0. The van der Waals surface area contributed by atoms with Crippen LogP contribution in [0.2, 0.25) is 0 Å². The highest BCUT2D eigenvalue weighted by Crippen LogP contribution is 2.23. The Bertz CT molecular complexity index is 1410. The highest BCUT2D eigenvalue weighted by atomic mass is 16.5. The van der Waals surface area contributed by atoms with Crippen molar-refractivity contribution in [3.8, 4) is 17.4 Å². The summed E-state index contributed by atoms with van der Waals surface area (Å²) in [5, 5.41) is 3.84. The van der Waals surface area contributed by atoms with Crippen LogP contribution in [0.3, 0.4) is 0 Å². The third-order valence-electron chi connectivity index (χ3n) is 4.87. The molecule has 1 N–H and O–H groups in total. The summed E-state index contributed by atoms with van der Waals surface area (Å²) in [6, 6.07) is 20.0. The molecule has 5 rings (SSSR count). The second-order valence-electron chi connectivity index (χ2n) is 7.03. The highest BCUT2D eigenvalue weighted by molar-refractivity contribution is 6.04. The van der Waals surface area contributed by atoms with Gasteiger partial charge in [0.1, 0.15) is 29.4 Å². The molecule has 3 heterocycles. The molecular weight excluding hydrogens is 404 g/mol. The zero-order chi connectivity index (χ0) is 21.9. The maximum atomic E-state index is 12.6. The zero-order valence-corrected chi connectivity index (χ0v) is 17.1. The monoisotopic (exact) mass is 422 g/mol. The van der Waals surface area contributed by atoms with Gasteiger partial charge in [-0.15, -0.1) is 0 Å². The van der Waals surface area contributed by atoms with E-state index < -0.39 is 0 Å². The lowest BCUT2D eigenvalue weighted by Crippen LogP contribution is -2.13. The molecule has 5 aromatic rings. The number of pyridine rings is 1. The van der Waals surface area contributed by atoms with Crippen LogP contribution in [0.4, 0.5) is 5.69 Å². The van der Waals surface area contributed by atoms with Crippen molar-refractivity contribution in [3.05, 3.63) is 97.0 Å². The maximum Gasteiger partial charge on any atom is 0.274 e. The molecule has 0 saturated carbocycles. The smallest absolute Gasteiger partial charge is 0.274 e. The molecule has 0 unspecified atom stereocenters. The van der Waals surface area contributed by atoms with Crippen molar-refractivity contribution < 1.29 is 9.53 Å². The second kappa shape index (κ2) is 8.27. The average Bonchev–Trinajstić information content (AvgIpc) is 3.26. The maximum absolute atomic E-state index is 12.6. The minimum Gasteiger partial charge on any atom is -0.439 e. The lowest BCUT2D eigenvalue weighted by molar-refractivity contribution is 0.102. The molecule has 0 atom stereocenters. The van der Waals surface area contributed by atoms with Crippen LogP contribution in [0.5, 0.6) is 11.6 Å².